The molecule has 42 heavy (non-hydrogen) atoms. The fourth-order valence-electron chi connectivity index (χ4n) is 6.54. The first-order chi connectivity index (χ1) is 19.9. The summed E-state index contributed by atoms with van der Waals surface area (Å²) in [5.74, 6) is 1.90. The Bertz CT molecular complexity index is 1640. The molecule has 9 nitrogen and oxygen atoms in total. The summed E-state index contributed by atoms with van der Waals surface area (Å²) in [6, 6.07) is 5.17. The van der Waals surface area contributed by atoms with Gasteiger partial charge in [-0.1, -0.05) is 19.9 Å². The molecule has 3 aromatic heterocycles. The molecule has 6 rings (SSSR count). The van der Waals surface area contributed by atoms with Crippen molar-refractivity contribution in [2.24, 2.45) is 12.5 Å². The van der Waals surface area contributed by atoms with Crippen LogP contribution in [0.1, 0.15) is 55.4 Å². The van der Waals surface area contributed by atoms with E-state index in [-0.39, 0.29) is 11.5 Å². The van der Waals surface area contributed by atoms with E-state index in [0.717, 1.165) is 70.4 Å². The molecule has 4 aromatic rings. The van der Waals surface area contributed by atoms with Crippen molar-refractivity contribution in [1.82, 2.24) is 29.9 Å². The molecule has 1 N–H and O–H groups in total. The van der Waals surface area contributed by atoms with Gasteiger partial charge in [-0.05, 0) is 38.8 Å². The number of aromatic amines is 1. The highest BCUT2D eigenvalue weighted by Crippen LogP contribution is 2.40. The van der Waals surface area contributed by atoms with Gasteiger partial charge in [-0.3, -0.25) is 9.78 Å². The van der Waals surface area contributed by atoms with Crippen LogP contribution in [0.3, 0.4) is 0 Å². The number of aromatic nitrogens is 6. The van der Waals surface area contributed by atoms with E-state index in [9.17, 15) is 13.2 Å². The van der Waals surface area contributed by atoms with Crippen LogP contribution in [0, 0.1) is 19.3 Å². The Labute approximate surface area is 243 Å². The summed E-state index contributed by atoms with van der Waals surface area (Å²) < 4.78 is 47.8. The fraction of sp³-hybridized carbons (Fsp3) is 0.533. The normalized spacial score (nSPS) is 19.0. The average molecular weight is 583 g/mol. The van der Waals surface area contributed by atoms with Crippen LogP contribution in [0.5, 0.6) is 0 Å². The molecular weight excluding hydrogens is 545 g/mol. The Balaban J connectivity index is 1.47. The summed E-state index contributed by atoms with van der Waals surface area (Å²) in [4.78, 5) is 14.6. The number of alkyl halides is 3. The minimum absolute atomic E-state index is 0.124. The second kappa shape index (κ2) is 10.3. The monoisotopic (exact) mass is 582 g/mol. The summed E-state index contributed by atoms with van der Waals surface area (Å²) in [6.07, 6.45) is -2.95. The number of hydrogen-bond donors (Lipinski definition) is 1. The average Bonchev–Trinajstić information content (AvgIpc) is 3.51. The predicted octanol–water partition coefficient (Wildman–Crippen LogP) is 5.59. The van der Waals surface area contributed by atoms with Gasteiger partial charge in [-0.2, -0.15) is 23.4 Å². The second-order valence-electron chi connectivity index (χ2n) is 12.1. The third-order valence-corrected chi connectivity index (χ3v) is 8.64. The van der Waals surface area contributed by atoms with Gasteiger partial charge in [0.25, 0.3) is 0 Å². The summed E-state index contributed by atoms with van der Waals surface area (Å²) >= 11 is 0. The molecule has 12 heteroatoms. The number of anilines is 2. The molecule has 0 aliphatic carbocycles. The summed E-state index contributed by atoms with van der Waals surface area (Å²) in [5.41, 5.74) is 4.67. The smallest absolute Gasteiger partial charge is 0.378 e. The maximum absolute atomic E-state index is 13.5. The number of piperidine rings is 1. The van der Waals surface area contributed by atoms with Gasteiger partial charge in [0.1, 0.15) is 11.6 Å². The highest BCUT2D eigenvalue weighted by molar-refractivity contribution is 5.96. The van der Waals surface area contributed by atoms with E-state index < -0.39 is 11.9 Å². The number of nitrogens with zero attached hydrogens (tertiary/aromatic N) is 7. The van der Waals surface area contributed by atoms with Gasteiger partial charge in [0.2, 0.25) is 0 Å². The Hall–Kier alpha value is -3.67. The Kier molecular flexibility index (Phi) is 6.94. The van der Waals surface area contributed by atoms with E-state index in [0.29, 0.717) is 37.8 Å². The maximum Gasteiger partial charge on any atom is 0.435 e. The third kappa shape index (κ3) is 4.89. The van der Waals surface area contributed by atoms with Crippen molar-refractivity contribution in [2.45, 2.75) is 66.3 Å². The number of rotatable bonds is 5. The first-order valence-electron chi connectivity index (χ1n) is 14.4. The number of ether oxygens (including phenoxy) is 1. The molecule has 0 radical (unpaired) electrons. The molecule has 0 bridgehead atoms. The summed E-state index contributed by atoms with van der Waals surface area (Å²) in [7, 11) is 1.55. The zero-order valence-electron chi connectivity index (χ0n) is 24.9. The fourth-order valence-corrected chi connectivity index (χ4v) is 6.54. The zero-order chi connectivity index (χ0) is 30.0. The molecule has 2 aliphatic rings. The van der Waals surface area contributed by atoms with Gasteiger partial charge in [-0.25, -0.2) is 9.97 Å². The molecule has 1 fully saturated rings. The maximum atomic E-state index is 13.5. The Morgan fingerprint density at radius 2 is 1.90 bits per heavy atom. The van der Waals surface area contributed by atoms with Crippen molar-refractivity contribution in [3.05, 3.63) is 46.4 Å². The third-order valence-electron chi connectivity index (χ3n) is 8.64. The minimum Gasteiger partial charge on any atom is -0.378 e. The molecule has 224 valence electrons. The van der Waals surface area contributed by atoms with E-state index in [2.05, 4.69) is 41.0 Å². The summed E-state index contributed by atoms with van der Waals surface area (Å²) in [6.45, 7) is 13.6. The van der Waals surface area contributed by atoms with Crippen molar-refractivity contribution >= 4 is 22.5 Å². The lowest BCUT2D eigenvalue weighted by Crippen LogP contribution is -2.50. The van der Waals surface area contributed by atoms with Crippen LogP contribution in [0.25, 0.3) is 22.3 Å². The standard InChI is InChI=1S/C30H37F3N8O/c1-7-42-23-11-13-41(16-29(23,4)5)28-19-15-40(24-14-22(30(31,32)33)38-39(24)6)12-10-20(19)34-27(35-28)25-17(2)8-9-21-26(25)18(3)36-37-21/h8-9,14,23H,7,10-13,15-16H2,1-6H3,(H,36,37)/t23-/m1/s1. The van der Waals surface area contributed by atoms with Crippen LogP contribution in [0.4, 0.5) is 24.8 Å². The van der Waals surface area contributed by atoms with Crippen LogP contribution >= 0.6 is 0 Å². The van der Waals surface area contributed by atoms with Gasteiger partial charge in [-0.15, -0.1) is 0 Å². The van der Waals surface area contributed by atoms with Crippen LogP contribution in [-0.2, 0) is 30.9 Å². The first kappa shape index (κ1) is 28.4. The molecule has 0 unspecified atom stereocenters. The number of nitrogens with one attached hydrogen (secondary N) is 1. The highest BCUT2D eigenvalue weighted by atomic mass is 19.4. The van der Waals surface area contributed by atoms with E-state index in [4.69, 9.17) is 14.7 Å². The molecule has 2 aliphatic heterocycles. The topological polar surface area (TPSA) is 88.0 Å². The van der Waals surface area contributed by atoms with Gasteiger partial charge in [0.05, 0.1) is 17.3 Å². The minimum atomic E-state index is -4.51. The van der Waals surface area contributed by atoms with Gasteiger partial charge in [0, 0.05) is 79.9 Å². The van der Waals surface area contributed by atoms with Crippen molar-refractivity contribution in [3.63, 3.8) is 0 Å². The van der Waals surface area contributed by atoms with Crippen LogP contribution in [0.15, 0.2) is 18.2 Å². The zero-order valence-corrected chi connectivity index (χ0v) is 24.9. The number of aryl methyl sites for hydroxylation is 3. The number of H-pyrrole nitrogens is 1. The Morgan fingerprint density at radius 3 is 2.60 bits per heavy atom. The predicted molar refractivity (Wildman–Crippen MR) is 156 cm³/mol. The van der Waals surface area contributed by atoms with Gasteiger partial charge < -0.3 is 14.5 Å². The number of fused-ring (bicyclic) bond motifs is 2. The van der Waals surface area contributed by atoms with Crippen LogP contribution < -0.4 is 9.80 Å². The van der Waals surface area contributed by atoms with Crippen molar-refractivity contribution in [2.75, 3.05) is 36.0 Å². The lowest BCUT2D eigenvalue weighted by Gasteiger charge is -2.45. The SMILES string of the molecule is CCO[C@@H]1CCN(c2nc(-c3c(C)ccc4n[nH]c(C)c34)nc3c2CN(c2cc(C(F)(F)F)nn2C)CC3)CC1(C)C. The Morgan fingerprint density at radius 1 is 1.12 bits per heavy atom. The largest absolute Gasteiger partial charge is 0.435 e. The molecule has 1 atom stereocenters. The van der Waals surface area contributed by atoms with Crippen molar-refractivity contribution in [1.29, 1.82) is 0 Å². The van der Waals surface area contributed by atoms with Crippen molar-refractivity contribution in [3.8, 4) is 11.4 Å². The molecule has 0 spiro atoms. The molecule has 0 amide bonds. The van der Waals surface area contributed by atoms with E-state index in [1.807, 2.05) is 30.9 Å². The molecule has 1 aromatic carbocycles. The first-order valence-corrected chi connectivity index (χ1v) is 14.4. The number of halogens is 3. The lowest BCUT2D eigenvalue weighted by molar-refractivity contribution is -0.141. The van der Waals surface area contributed by atoms with E-state index in [1.54, 1.807) is 7.05 Å². The van der Waals surface area contributed by atoms with E-state index in [1.165, 1.54) is 4.68 Å². The second-order valence-corrected chi connectivity index (χ2v) is 12.1. The van der Waals surface area contributed by atoms with Crippen molar-refractivity contribution < 1.29 is 17.9 Å². The highest BCUT2D eigenvalue weighted by Gasteiger charge is 2.39. The molecule has 0 saturated carbocycles. The number of benzene rings is 1. The van der Waals surface area contributed by atoms with Crippen LogP contribution in [0.2, 0.25) is 0 Å². The lowest BCUT2D eigenvalue weighted by atomic mass is 9.81. The number of hydrogen-bond acceptors (Lipinski definition) is 7. The van der Waals surface area contributed by atoms with Crippen LogP contribution in [-0.4, -0.2) is 62.3 Å². The molecular formula is C30H37F3N8O. The van der Waals surface area contributed by atoms with Gasteiger partial charge >= 0.3 is 6.18 Å². The molecule has 5 heterocycles. The molecule has 1 saturated heterocycles. The van der Waals surface area contributed by atoms with Gasteiger partial charge in [0.15, 0.2) is 11.5 Å². The summed E-state index contributed by atoms with van der Waals surface area (Å²) in [5, 5.41) is 12.3. The van der Waals surface area contributed by atoms with E-state index >= 15 is 0 Å². The quantitative estimate of drug-likeness (QED) is 0.328.